The van der Waals surface area contributed by atoms with Gasteiger partial charge < -0.3 is 4.57 Å². The highest BCUT2D eigenvalue weighted by atomic mass is 19.1. The summed E-state index contributed by atoms with van der Waals surface area (Å²) in [6, 6.07) is 10.6. The van der Waals surface area contributed by atoms with E-state index in [-0.39, 0.29) is 5.82 Å². The lowest BCUT2D eigenvalue weighted by atomic mass is 10.2. The van der Waals surface area contributed by atoms with Crippen molar-refractivity contribution in [2.75, 3.05) is 0 Å². The van der Waals surface area contributed by atoms with Gasteiger partial charge in [0.15, 0.2) is 0 Å². The SMILES string of the molecule is Cc1cn(Cc2ccc(F)cc2)c2cccnc12. The first-order valence-electron chi connectivity index (χ1n) is 5.89. The van der Waals surface area contributed by atoms with Crippen LogP contribution < -0.4 is 0 Å². The minimum atomic E-state index is -0.200. The Labute approximate surface area is 105 Å². The largest absolute Gasteiger partial charge is 0.341 e. The van der Waals surface area contributed by atoms with Crippen LogP contribution in [0.5, 0.6) is 0 Å². The molecule has 3 heteroatoms. The average molecular weight is 240 g/mol. The van der Waals surface area contributed by atoms with Gasteiger partial charge >= 0.3 is 0 Å². The minimum Gasteiger partial charge on any atom is -0.341 e. The molecule has 2 heterocycles. The fourth-order valence-electron chi connectivity index (χ4n) is 2.21. The van der Waals surface area contributed by atoms with Gasteiger partial charge in [-0.1, -0.05) is 12.1 Å². The van der Waals surface area contributed by atoms with E-state index < -0.39 is 0 Å². The molecule has 0 aliphatic heterocycles. The van der Waals surface area contributed by atoms with E-state index in [1.165, 1.54) is 12.1 Å². The molecular weight excluding hydrogens is 227 g/mol. The van der Waals surface area contributed by atoms with Gasteiger partial charge in [0.05, 0.1) is 11.0 Å². The summed E-state index contributed by atoms with van der Waals surface area (Å²) >= 11 is 0. The van der Waals surface area contributed by atoms with Crippen LogP contribution in [-0.4, -0.2) is 9.55 Å². The van der Waals surface area contributed by atoms with Crippen molar-refractivity contribution in [2.45, 2.75) is 13.5 Å². The first-order valence-corrected chi connectivity index (χ1v) is 5.89. The molecule has 18 heavy (non-hydrogen) atoms. The van der Waals surface area contributed by atoms with Crippen molar-refractivity contribution in [3.63, 3.8) is 0 Å². The third-order valence-electron chi connectivity index (χ3n) is 3.09. The summed E-state index contributed by atoms with van der Waals surface area (Å²) in [6.07, 6.45) is 3.89. The molecule has 0 saturated carbocycles. The molecular formula is C15H13FN2. The van der Waals surface area contributed by atoms with Crippen molar-refractivity contribution in [2.24, 2.45) is 0 Å². The zero-order chi connectivity index (χ0) is 12.5. The van der Waals surface area contributed by atoms with E-state index >= 15 is 0 Å². The van der Waals surface area contributed by atoms with Gasteiger partial charge in [0.25, 0.3) is 0 Å². The average Bonchev–Trinajstić information content (AvgIpc) is 2.70. The molecule has 0 atom stereocenters. The lowest BCUT2D eigenvalue weighted by molar-refractivity contribution is 0.626. The molecule has 3 aromatic rings. The number of rotatable bonds is 2. The van der Waals surface area contributed by atoms with E-state index in [2.05, 4.69) is 28.7 Å². The van der Waals surface area contributed by atoms with Crippen LogP contribution in [0.1, 0.15) is 11.1 Å². The number of benzene rings is 1. The van der Waals surface area contributed by atoms with Crippen LogP contribution in [0, 0.1) is 12.7 Å². The molecule has 0 spiro atoms. The molecule has 90 valence electrons. The summed E-state index contributed by atoms with van der Waals surface area (Å²) < 4.78 is 15.0. The maximum atomic E-state index is 12.9. The van der Waals surface area contributed by atoms with Gasteiger partial charge in [-0.15, -0.1) is 0 Å². The Morgan fingerprint density at radius 1 is 1.17 bits per heavy atom. The lowest BCUT2D eigenvalue weighted by Gasteiger charge is -2.05. The molecule has 3 rings (SSSR count). The van der Waals surface area contributed by atoms with E-state index in [0.717, 1.165) is 28.7 Å². The summed E-state index contributed by atoms with van der Waals surface area (Å²) in [5, 5.41) is 0. The van der Waals surface area contributed by atoms with Crippen molar-refractivity contribution < 1.29 is 4.39 Å². The Morgan fingerprint density at radius 3 is 2.72 bits per heavy atom. The fourth-order valence-corrected chi connectivity index (χ4v) is 2.21. The fraction of sp³-hybridized carbons (Fsp3) is 0.133. The van der Waals surface area contributed by atoms with Gasteiger partial charge in [-0.25, -0.2) is 4.39 Å². The first kappa shape index (κ1) is 11.0. The second kappa shape index (κ2) is 4.26. The summed E-state index contributed by atoms with van der Waals surface area (Å²) in [7, 11) is 0. The van der Waals surface area contributed by atoms with Crippen LogP contribution in [0.25, 0.3) is 11.0 Å². The highest BCUT2D eigenvalue weighted by Gasteiger charge is 2.06. The molecule has 0 unspecified atom stereocenters. The third kappa shape index (κ3) is 1.88. The highest BCUT2D eigenvalue weighted by molar-refractivity contribution is 5.79. The Kier molecular flexibility index (Phi) is 2.59. The van der Waals surface area contributed by atoms with Crippen LogP contribution in [-0.2, 0) is 6.54 Å². The number of halogens is 1. The molecule has 2 aromatic heterocycles. The molecule has 0 fully saturated rings. The normalized spacial score (nSPS) is 11.0. The number of hydrogen-bond donors (Lipinski definition) is 0. The topological polar surface area (TPSA) is 17.8 Å². The highest BCUT2D eigenvalue weighted by Crippen LogP contribution is 2.19. The Bertz CT molecular complexity index is 683. The predicted molar refractivity (Wildman–Crippen MR) is 70.0 cm³/mol. The van der Waals surface area contributed by atoms with Gasteiger partial charge in [-0.3, -0.25) is 4.98 Å². The maximum absolute atomic E-state index is 12.9. The predicted octanol–water partition coefficient (Wildman–Crippen LogP) is 3.53. The van der Waals surface area contributed by atoms with Crippen LogP contribution in [0.3, 0.4) is 0 Å². The lowest BCUT2D eigenvalue weighted by Crippen LogP contribution is -1.97. The molecule has 0 bridgehead atoms. The van der Waals surface area contributed by atoms with Crippen molar-refractivity contribution in [1.29, 1.82) is 0 Å². The Morgan fingerprint density at radius 2 is 1.94 bits per heavy atom. The molecule has 1 aromatic carbocycles. The molecule has 0 saturated heterocycles. The van der Waals surface area contributed by atoms with E-state index in [1.807, 2.05) is 18.2 Å². The number of nitrogens with zero attached hydrogens (tertiary/aromatic N) is 2. The zero-order valence-electron chi connectivity index (χ0n) is 10.1. The number of aromatic nitrogens is 2. The van der Waals surface area contributed by atoms with E-state index in [1.54, 1.807) is 6.20 Å². The zero-order valence-corrected chi connectivity index (χ0v) is 10.1. The Balaban J connectivity index is 2.02. The van der Waals surface area contributed by atoms with Gasteiger partial charge in [0, 0.05) is 18.9 Å². The van der Waals surface area contributed by atoms with Crippen LogP contribution in [0.15, 0.2) is 48.8 Å². The minimum absolute atomic E-state index is 0.200. The van der Waals surface area contributed by atoms with Crippen molar-refractivity contribution in [3.05, 3.63) is 65.7 Å². The van der Waals surface area contributed by atoms with Crippen molar-refractivity contribution in [1.82, 2.24) is 9.55 Å². The van der Waals surface area contributed by atoms with Gasteiger partial charge in [-0.05, 0) is 42.3 Å². The number of aryl methyl sites for hydroxylation is 1. The third-order valence-corrected chi connectivity index (χ3v) is 3.09. The first-order chi connectivity index (χ1) is 8.74. The van der Waals surface area contributed by atoms with E-state index in [9.17, 15) is 4.39 Å². The quantitative estimate of drug-likeness (QED) is 0.670. The molecule has 0 radical (unpaired) electrons. The van der Waals surface area contributed by atoms with Gasteiger partial charge in [0.2, 0.25) is 0 Å². The molecule has 0 aliphatic rings. The Hall–Kier alpha value is -2.16. The van der Waals surface area contributed by atoms with Crippen molar-refractivity contribution in [3.8, 4) is 0 Å². The number of hydrogen-bond acceptors (Lipinski definition) is 1. The second-order valence-electron chi connectivity index (χ2n) is 4.44. The van der Waals surface area contributed by atoms with E-state index in [0.29, 0.717) is 0 Å². The maximum Gasteiger partial charge on any atom is 0.123 e. The standard InChI is InChI=1S/C15H13FN2/c1-11-9-18(14-3-2-8-17-15(11)14)10-12-4-6-13(16)7-5-12/h2-9H,10H2,1H3. The van der Waals surface area contributed by atoms with E-state index in [4.69, 9.17) is 0 Å². The summed E-state index contributed by atoms with van der Waals surface area (Å²) in [6.45, 7) is 2.78. The van der Waals surface area contributed by atoms with Crippen LogP contribution in [0.2, 0.25) is 0 Å². The molecule has 0 N–H and O–H groups in total. The van der Waals surface area contributed by atoms with Crippen LogP contribution >= 0.6 is 0 Å². The molecule has 0 aliphatic carbocycles. The number of fused-ring (bicyclic) bond motifs is 1. The van der Waals surface area contributed by atoms with Gasteiger partial charge in [-0.2, -0.15) is 0 Å². The summed E-state index contributed by atoms with van der Waals surface area (Å²) in [4.78, 5) is 4.38. The smallest absolute Gasteiger partial charge is 0.123 e. The summed E-state index contributed by atoms with van der Waals surface area (Å²) in [5.74, 6) is -0.200. The van der Waals surface area contributed by atoms with Crippen LogP contribution in [0.4, 0.5) is 4.39 Å². The van der Waals surface area contributed by atoms with Crippen molar-refractivity contribution >= 4 is 11.0 Å². The van der Waals surface area contributed by atoms with Gasteiger partial charge in [0.1, 0.15) is 5.82 Å². The molecule has 0 amide bonds. The summed E-state index contributed by atoms with van der Waals surface area (Å²) in [5.41, 5.74) is 4.38. The second-order valence-corrected chi connectivity index (χ2v) is 4.44. The number of pyridine rings is 1. The molecule has 2 nitrogen and oxygen atoms in total. The monoisotopic (exact) mass is 240 g/mol.